The first-order valence-corrected chi connectivity index (χ1v) is 8.96. The normalized spacial score (nSPS) is 11.1. The summed E-state index contributed by atoms with van der Waals surface area (Å²) >= 11 is 0. The van der Waals surface area contributed by atoms with Gasteiger partial charge in [0.1, 0.15) is 5.56 Å². The zero-order valence-corrected chi connectivity index (χ0v) is 15.6. The molecule has 0 saturated carbocycles. The molecule has 0 aliphatic carbocycles. The molecule has 3 N–H and O–H groups in total. The summed E-state index contributed by atoms with van der Waals surface area (Å²) in [5, 5.41) is 4.35. The Bertz CT molecular complexity index is 1350. The van der Waals surface area contributed by atoms with Crippen LogP contribution in [0.25, 0.3) is 21.8 Å². The minimum absolute atomic E-state index is 0.0229. The Hall–Kier alpha value is -3.67. The van der Waals surface area contributed by atoms with Crippen molar-refractivity contribution in [3.05, 3.63) is 91.5 Å². The fourth-order valence-electron chi connectivity index (χ4n) is 3.45. The number of rotatable bonds is 3. The van der Waals surface area contributed by atoms with E-state index in [1.54, 1.807) is 12.1 Å². The Morgan fingerprint density at radius 2 is 1.71 bits per heavy atom. The van der Waals surface area contributed by atoms with Gasteiger partial charge < -0.3 is 15.3 Å². The van der Waals surface area contributed by atoms with Crippen LogP contribution < -0.4 is 16.4 Å². The third kappa shape index (κ3) is 3.20. The van der Waals surface area contributed by atoms with Gasteiger partial charge in [-0.15, -0.1) is 0 Å². The van der Waals surface area contributed by atoms with Crippen LogP contribution in [-0.2, 0) is 6.54 Å². The van der Waals surface area contributed by atoms with Gasteiger partial charge in [0.15, 0.2) is 0 Å². The van der Waals surface area contributed by atoms with Crippen molar-refractivity contribution in [3.8, 4) is 0 Å². The number of nitrogens with one attached hydrogen (secondary N) is 3. The number of H-pyrrole nitrogens is 2. The van der Waals surface area contributed by atoms with Crippen molar-refractivity contribution in [1.29, 1.82) is 0 Å². The lowest BCUT2D eigenvalue weighted by atomic mass is 10.1. The van der Waals surface area contributed by atoms with Crippen LogP contribution in [-0.4, -0.2) is 15.9 Å². The Labute approximate surface area is 160 Å². The topological polar surface area (TPSA) is 94.8 Å². The van der Waals surface area contributed by atoms with E-state index in [2.05, 4.69) is 15.3 Å². The summed E-state index contributed by atoms with van der Waals surface area (Å²) < 4.78 is 0. The molecule has 4 rings (SSSR count). The lowest BCUT2D eigenvalue weighted by Gasteiger charge is -2.08. The Morgan fingerprint density at radius 1 is 0.929 bits per heavy atom. The van der Waals surface area contributed by atoms with Crippen LogP contribution in [0.1, 0.15) is 27.0 Å². The summed E-state index contributed by atoms with van der Waals surface area (Å²) in [6.07, 6.45) is 0. The summed E-state index contributed by atoms with van der Waals surface area (Å²) in [6, 6.07) is 14.6. The van der Waals surface area contributed by atoms with E-state index in [4.69, 9.17) is 0 Å². The highest BCUT2D eigenvalue weighted by molar-refractivity contribution is 5.97. The molecule has 0 bridgehead atoms. The molecule has 2 heterocycles. The monoisotopic (exact) mass is 373 g/mol. The number of pyridine rings is 2. The predicted molar refractivity (Wildman–Crippen MR) is 110 cm³/mol. The van der Waals surface area contributed by atoms with Crippen molar-refractivity contribution < 1.29 is 4.79 Å². The summed E-state index contributed by atoms with van der Waals surface area (Å²) in [4.78, 5) is 42.8. The second-order valence-electron chi connectivity index (χ2n) is 6.95. The highest BCUT2D eigenvalue weighted by atomic mass is 16.2. The van der Waals surface area contributed by atoms with Crippen LogP contribution in [0.4, 0.5) is 0 Å². The van der Waals surface area contributed by atoms with Crippen molar-refractivity contribution >= 4 is 27.7 Å². The summed E-state index contributed by atoms with van der Waals surface area (Å²) in [6.45, 7) is 3.91. The Kier molecular flexibility index (Phi) is 4.31. The van der Waals surface area contributed by atoms with Crippen LogP contribution in [0, 0.1) is 13.8 Å². The van der Waals surface area contributed by atoms with Crippen LogP contribution in [0.15, 0.2) is 58.1 Å². The molecule has 0 spiro atoms. The van der Waals surface area contributed by atoms with Gasteiger partial charge in [0.05, 0.1) is 5.52 Å². The molecule has 0 fully saturated rings. The largest absolute Gasteiger partial charge is 0.348 e. The van der Waals surface area contributed by atoms with E-state index in [-0.39, 0.29) is 17.7 Å². The summed E-state index contributed by atoms with van der Waals surface area (Å²) in [5.74, 6) is -0.519. The highest BCUT2D eigenvalue weighted by Crippen LogP contribution is 2.18. The molecule has 0 aliphatic rings. The van der Waals surface area contributed by atoms with E-state index in [0.29, 0.717) is 5.56 Å². The molecule has 2 aromatic carbocycles. The van der Waals surface area contributed by atoms with Crippen LogP contribution in [0.2, 0.25) is 0 Å². The van der Waals surface area contributed by atoms with E-state index in [1.165, 1.54) is 0 Å². The molecular formula is C22H19N3O3. The molecule has 6 heteroatoms. The SMILES string of the molecule is Cc1cc(C)c2[nH]c(=O)c(C(=O)NCc3cc4ccccc4[nH]c3=O)cc2c1. The highest BCUT2D eigenvalue weighted by Gasteiger charge is 2.14. The van der Waals surface area contributed by atoms with Gasteiger partial charge in [-0.2, -0.15) is 0 Å². The lowest BCUT2D eigenvalue weighted by molar-refractivity contribution is 0.0949. The number of aromatic nitrogens is 2. The number of para-hydroxylation sites is 1. The second kappa shape index (κ2) is 6.81. The molecule has 1 amide bonds. The zero-order chi connectivity index (χ0) is 19.8. The first-order valence-electron chi connectivity index (χ1n) is 8.96. The van der Waals surface area contributed by atoms with E-state index in [1.807, 2.05) is 50.2 Å². The van der Waals surface area contributed by atoms with Gasteiger partial charge in [-0.05, 0) is 54.4 Å². The van der Waals surface area contributed by atoms with Crippen molar-refractivity contribution in [2.45, 2.75) is 20.4 Å². The number of aryl methyl sites for hydroxylation is 2. The molecule has 2 aromatic heterocycles. The molecule has 0 atom stereocenters. The molecule has 6 nitrogen and oxygen atoms in total. The number of amides is 1. The van der Waals surface area contributed by atoms with Crippen LogP contribution in [0.5, 0.6) is 0 Å². The first kappa shape index (κ1) is 17.7. The number of hydrogen-bond donors (Lipinski definition) is 3. The molecule has 0 aliphatic heterocycles. The first-order chi connectivity index (χ1) is 13.4. The number of hydrogen-bond acceptors (Lipinski definition) is 3. The van der Waals surface area contributed by atoms with Gasteiger partial charge >= 0.3 is 0 Å². The van der Waals surface area contributed by atoms with Gasteiger partial charge in [-0.1, -0.05) is 29.8 Å². The molecule has 0 unspecified atom stereocenters. The third-order valence-corrected chi connectivity index (χ3v) is 4.81. The minimum atomic E-state index is -0.519. The van der Waals surface area contributed by atoms with Crippen molar-refractivity contribution in [2.75, 3.05) is 0 Å². The summed E-state index contributed by atoms with van der Waals surface area (Å²) in [5.41, 5.74) is 3.18. The quantitative estimate of drug-likeness (QED) is 0.515. The number of aromatic amines is 2. The average molecular weight is 373 g/mol. The standard InChI is InChI=1S/C22H19N3O3/c1-12-7-13(2)19-15(8-12)10-17(22(28)25-19)21(27)23-11-16-9-14-5-3-4-6-18(14)24-20(16)26/h3-10H,11H2,1-2H3,(H,23,27)(H,24,26)(H,25,28). The van der Waals surface area contributed by atoms with Gasteiger partial charge in [0, 0.05) is 17.6 Å². The van der Waals surface area contributed by atoms with Crippen LogP contribution >= 0.6 is 0 Å². The number of carbonyl (C=O) groups excluding carboxylic acids is 1. The smallest absolute Gasteiger partial charge is 0.261 e. The fourth-order valence-corrected chi connectivity index (χ4v) is 3.45. The number of fused-ring (bicyclic) bond motifs is 2. The fraction of sp³-hybridized carbons (Fsp3) is 0.136. The van der Waals surface area contributed by atoms with Gasteiger partial charge in [0.25, 0.3) is 17.0 Å². The lowest BCUT2D eigenvalue weighted by Crippen LogP contribution is -2.31. The number of carbonyl (C=O) groups is 1. The molecule has 0 radical (unpaired) electrons. The zero-order valence-electron chi connectivity index (χ0n) is 15.6. The predicted octanol–water partition coefficient (Wildman–Crippen LogP) is 2.92. The Morgan fingerprint density at radius 3 is 2.54 bits per heavy atom. The molecule has 4 aromatic rings. The molecule has 140 valence electrons. The minimum Gasteiger partial charge on any atom is -0.348 e. The van der Waals surface area contributed by atoms with Crippen molar-refractivity contribution in [2.24, 2.45) is 0 Å². The van der Waals surface area contributed by atoms with E-state index < -0.39 is 11.5 Å². The molecule has 28 heavy (non-hydrogen) atoms. The van der Waals surface area contributed by atoms with E-state index in [9.17, 15) is 14.4 Å². The van der Waals surface area contributed by atoms with Gasteiger partial charge in [-0.25, -0.2) is 0 Å². The van der Waals surface area contributed by atoms with Crippen LogP contribution in [0.3, 0.4) is 0 Å². The maximum Gasteiger partial charge on any atom is 0.261 e. The van der Waals surface area contributed by atoms with Crippen molar-refractivity contribution in [3.63, 3.8) is 0 Å². The molecule has 0 saturated heterocycles. The third-order valence-electron chi connectivity index (χ3n) is 4.81. The van der Waals surface area contributed by atoms with Gasteiger partial charge in [0.2, 0.25) is 0 Å². The maximum absolute atomic E-state index is 12.6. The average Bonchev–Trinajstić information content (AvgIpc) is 2.66. The van der Waals surface area contributed by atoms with E-state index in [0.717, 1.165) is 32.9 Å². The van der Waals surface area contributed by atoms with Crippen molar-refractivity contribution in [1.82, 2.24) is 15.3 Å². The van der Waals surface area contributed by atoms with Gasteiger partial charge in [-0.3, -0.25) is 14.4 Å². The maximum atomic E-state index is 12.6. The number of benzene rings is 2. The Balaban J connectivity index is 1.64. The molecular weight excluding hydrogens is 354 g/mol. The second-order valence-corrected chi connectivity index (χ2v) is 6.95. The summed E-state index contributed by atoms with van der Waals surface area (Å²) in [7, 11) is 0. The van der Waals surface area contributed by atoms with E-state index >= 15 is 0 Å².